The molecule has 0 aliphatic rings. The van der Waals surface area contributed by atoms with Gasteiger partial charge in [-0.3, -0.25) is 0 Å². The Kier molecular flexibility index (Phi) is 5.01. The monoisotopic (exact) mass is 366 g/mol. The standard InChI is InChI=1S/C12H16Br2O3/c1-12(2,3-4-15)11(17)8-5-7(13)6-9(14)10(8)16/h5-6,11,15-17H,3-4H2,1-2H3/t11-/m0/s1. The maximum atomic E-state index is 10.3. The average Bonchev–Trinajstić information content (AvgIpc) is 2.22. The van der Waals surface area contributed by atoms with E-state index in [-0.39, 0.29) is 12.4 Å². The van der Waals surface area contributed by atoms with Crippen LogP contribution in [-0.2, 0) is 0 Å². The van der Waals surface area contributed by atoms with E-state index in [4.69, 9.17) is 5.11 Å². The number of phenolic OH excluding ortho intramolecular Hbond substituents is 1. The summed E-state index contributed by atoms with van der Waals surface area (Å²) in [7, 11) is 0. The first kappa shape index (κ1) is 15.0. The largest absolute Gasteiger partial charge is 0.506 e. The molecule has 0 bridgehead atoms. The van der Waals surface area contributed by atoms with E-state index in [9.17, 15) is 10.2 Å². The molecule has 1 aromatic rings. The van der Waals surface area contributed by atoms with Crippen LogP contribution in [0.5, 0.6) is 5.75 Å². The molecule has 17 heavy (non-hydrogen) atoms. The highest BCUT2D eigenvalue weighted by Crippen LogP contribution is 2.43. The summed E-state index contributed by atoms with van der Waals surface area (Å²) in [4.78, 5) is 0. The van der Waals surface area contributed by atoms with Gasteiger partial charge in [-0.15, -0.1) is 0 Å². The van der Waals surface area contributed by atoms with E-state index in [0.29, 0.717) is 16.5 Å². The minimum atomic E-state index is -0.844. The van der Waals surface area contributed by atoms with E-state index >= 15 is 0 Å². The van der Waals surface area contributed by atoms with Crippen LogP contribution >= 0.6 is 31.9 Å². The minimum absolute atomic E-state index is 0.00000520. The summed E-state index contributed by atoms with van der Waals surface area (Å²) in [6.07, 6.45) is -0.388. The Balaban J connectivity index is 3.16. The average molecular weight is 368 g/mol. The molecule has 0 spiro atoms. The van der Waals surface area contributed by atoms with Crippen molar-refractivity contribution < 1.29 is 15.3 Å². The molecule has 0 fully saturated rings. The van der Waals surface area contributed by atoms with E-state index < -0.39 is 11.5 Å². The van der Waals surface area contributed by atoms with Gasteiger partial charge in [0.15, 0.2) is 0 Å². The van der Waals surface area contributed by atoms with Gasteiger partial charge in [0.1, 0.15) is 5.75 Å². The van der Waals surface area contributed by atoms with Gasteiger partial charge in [-0.2, -0.15) is 0 Å². The molecular weight excluding hydrogens is 352 g/mol. The first-order chi connectivity index (χ1) is 7.79. The summed E-state index contributed by atoms with van der Waals surface area (Å²) in [6.45, 7) is 3.70. The number of hydrogen-bond donors (Lipinski definition) is 3. The Morgan fingerprint density at radius 1 is 1.29 bits per heavy atom. The van der Waals surface area contributed by atoms with Crippen LogP contribution in [0, 0.1) is 5.41 Å². The molecule has 96 valence electrons. The summed E-state index contributed by atoms with van der Waals surface area (Å²) in [5.41, 5.74) is -0.0587. The van der Waals surface area contributed by atoms with E-state index in [1.165, 1.54) is 0 Å². The number of hydrogen-bond acceptors (Lipinski definition) is 3. The van der Waals surface area contributed by atoms with Gasteiger partial charge in [-0.05, 0) is 39.9 Å². The highest BCUT2D eigenvalue weighted by atomic mass is 79.9. The van der Waals surface area contributed by atoms with Crippen molar-refractivity contribution >= 4 is 31.9 Å². The van der Waals surface area contributed by atoms with Crippen molar-refractivity contribution in [2.75, 3.05) is 6.61 Å². The van der Waals surface area contributed by atoms with Crippen LogP contribution < -0.4 is 0 Å². The second-order valence-electron chi connectivity index (χ2n) is 4.69. The number of aromatic hydroxyl groups is 1. The summed E-state index contributed by atoms with van der Waals surface area (Å²) in [5.74, 6) is 0.0340. The van der Waals surface area contributed by atoms with Crippen LogP contribution in [0.15, 0.2) is 21.1 Å². The van der Waals surface area contributed by atoms with E-state index in [1.807, 2.05) is 13.8 Å². The number of phenols is 1. The Labute approximate surface area is 118 Å². The Hall–Kier alpha value is -0.100. The van der Waals surface area contributed by atoms with Crippen molar-refractivity contribution in [2.24, 2.45) is 5.41 Å². The van der Waals surface area contributed by atoms with Crippen LogP contribution in [-0.4, -0.2) is 21.9 Å². The molecule has 1 aromatic carbocycles. The molecule has 0 amide bonds. The lowest BCUT2D eigenvalue weighted by molar-refractivity contribution is 0.0287. The Bertz CT molecular complexity index is 405. The quantitative estimate of drug-likeness (QED) is 0.764. The normalized spacial score (nSPS) is 13.8. The third-order valence-corrected chi connectivity index (χ3v) is 3.91. The smallest absolute Gasteiger partial charge is 0.135 e. The molecule has 0 radical (unpaired) electrons. The van der Waals surface area contributed by atoms with Crippen molar-refractivity contribution in [3.05, 3.63) is 26.6 Å². The van der Waals surface area contributed by atoms with Crippen molar-refractivity contribution in [3.8, 4) is 5.75 Å². The number of rotatable bonds is 4. The summed E-state index contributed by atoms with van der Waals surface area (Å²) in [5, 5.41) is 29.2. The molecule has 0 aliphatic carbocycles. The van der Waals surface area contributed by atoms with Crippen molar-refractivity contribution in [2.45, 2.75) is 26.4 Å². The minimum Gasteiger partial charge on any atom is -0.506 e. The van der Waals surface area contributed by atoms with Crippen LogP contribution in [0.3, 0.4) is 0 Å². The molecule has 0 saturated heterocycles. The molecule has 5 heteroatoms. The van der Waals surface area contributed by atoms with Crippen molar-refractivity contribution in [1.29, 1.82) is 0 Å². The van der Waals surface area contributed by atoms with Gasteiger partial charge in [-0.25, -0.2) is 0 Å². The second-order valence-corrected chi connectivity index (χ2v) is 6.46. The molecule has 1 atom stereocenters. The van der Waals surface area contributed by atoms with Crippen LogP contribution in [0.1, 0.15) is 31.9 Å². The summed E-state index contributed by atoms with van der Waals surface area (Å²) < 4.78 is 1.30. The highest BCUT2D eigenvalue weighted by molar-refractivity contribution is 9.11. The van der Waals surface area contributed by atoms with Crippen LogP contribution in [0.4, 0.5) is 0 Å². The zero-order chi connectivity index (χ0) is 13.2. The second kappa shape index (κ2) is 5.69. The summed E-state index contributed by atoms with van der Waals surface area (Å²) in [6, 6.07) is 3.40. The molecule has 0 aromatic heterocycles. The van der Waals surface area contributed by atoms with Gasteiger partial charge >= 0.3 is 0 Å². The number of aliphatic hydroxyl groups is 2. The molecule has 3 nitrogen and oxygen atoms in total. The van der Waals surface area contributed by atoms with Crippen molar-refractivity contribution in [1.82, 2.24) is 0 Å². The third-order valence-electron chi connectivity index (χ3n) is 2.85. The molecule has 0 saturated carbocycles. The number of benzene rings is 1. The predicted molar refractivity (Wildman–Crippen MR) is 74.0 cm³/mol. The van der Waals surface area contributed by atoms with Crippen molar-refractivity contribution in [3.63, 3.8) is 0 Å². The van der Waals surface area contributed by atoms with Gasteiger partial charge in [0.05, 0.1) is 10.6 Å². The lowest BCUT2D eigenvalue weighted by Gasteiger charge is -2.30. The fourth-order valence-electron chi connectivity index (χ4n) is 1.64. The Morgan fingerprint density at radius 3 is 2.41 bits per heavy atom. The van der Waals surface area contributed by atoms with E-state index in [0.717, 1.165) is 4.47 Å². The zero-order valence-corrected chi connectivity index (χ0v) is 12.9. The molecule has 1 rings (SSSR count). The van der Waals surface area contributed by atoms with Crippen LogP contribution in [0.2, 0.25) is 0 Å². The van der Waals surface area contributed by atoms with E-state index in [1.54, 1.807) is 12.1 Å². The van der Waals surface area contributed by atoms with Gasteiger partial charge < -0.3 is 15.3 Å². The molecule has 0 aliphatic heterocycles. The SMILES string of the molecule is CC(C)(CCO)[C@@H](O)c1cc(Br)cc(Br)c1O. The molecule has 0 unspecified atom stereocenters. The maximum Gasteiger partial charge on any atom is 0.135 e. The molecular formula is C12H16Br2O3. The van der Waals surface area contributed by atoms with E-state index in [2.05, 4.69) is 31.9 Å². The van der Waals surface area contributed by atoms with Gasteiger partial charge in [0.25, 0.3) is 0 Å². The zero-order valence-electron chi connectivity index (χ0n) is 9.74. The first-order valence-electron chi connectivity index (χ1n) is 5.26. The molecule has 0 heterocycles. The van der Waals surface area contributed by atoms with Gasteiger partial charge in [0, 0.05) is 16.6 Å². The fourth-order valence-corrected chi connectivity index (χ4v) is 2.90. The topological polar surface area (TPSA) is 60.7 Å². The van der Waals surface area contributed by atoms with Gasteiger partial charge in [-0.1, -0.05) is 29.8 Å². The predicted octanol–water partition coefficient (Wildman–Crippen LogP) is 3.36. The Morgan fingerprint density at radius 2 is 1.88 bits per heavy atom. The number of halogens is 2. The summed E-state index contributed by atoms with van der Waals surface area (Å²) >= 11 is 6.55. The highest BCUT2D eigenvalue weighted by Gasteiger charge is 2.31. The van der Waals surface area contributed by atoms with Crippen LogP contribution in [0.25, 0.3) is 0 Å². The lowest BCUT2D eigenvalue weighted by Crippen LogP contribution is -2.23. The number of aliphatic hydroxyl groups excluding tert-OH is 2. The lowest BCUT2D eigenvalue weighted by atomic mass is 9.80. The van der Waals surface area contributed by atoms with Gasteiger partial charge in [0.2, 0.25) is 0 Å². The fraction of sp³-hybridized carbons (Fsp3) is 0.500. The third kappa shape index (κ3) is 3.44. The first-order valence-corrected chi connectivity index (χ1v) is 6.85. The maximum absolute atomic E-state index is 10.3. The molecule has 3 N–H and O–H groups in total.